The molecule has 0 spiro atoms. The molecular weight excluding hydrogens is 706 g/mol. The van der Waals surface area contributed by atoms with Crippen molar-refractivity contribution in [2.45, 2.75) is 103 Å². The molecule has 0 heterocycles. The summed E-state index contributed by atoms with van der Waals surface area (Å²) in [6.07, 6.45) is -8.72. The topological polar surface area (TPSA) is 52.6 Å². The summed E-state index contributed by atoms with van der Waals surface area (Å²) in [6, 6.07) is 28.5. The average molecular weight is 751 g/mol. The second kappa shape index (κ2) is 18.0. The number of fused-ring (bicyclic) bond motifs is 2. The molecule has 0 bridgehead atoms. The van der Waals surface area contributed by atoms with Crippen molar-refractivity contribution in [1.29, 1.82) is 0 Å². The summed E-state index contributed by atoms with van der Waals surface area (Å²) in [5, 5.41) is 2.98. The summed E-state index contributed by atoms with van der Waals surface area (Å²) in [5.74, 6) is -2.01. The Morgan fingerprint density at radius 2 is 0.796 bits per heavy atom. The molecule has 0 aliphatic heterocycles. The van der Waals surface area contributed by atoms with Gasteiger partial charge in [0.1, 0.15) is 0 Å². The maximum atomic E-state index is 13.6. The van der Waals surface area contributed by atoms with E-state index in [2.05, 4.69) is 0 Å². The number of halogens is 6. The molecule has 0 aromatic heterocycles. The number of ether oxygens (including phenoxy) is 2. The van der Waals surface area contributed by atoms with Gasteiger partial charge in [0.25, 0.3) is 0 Å². The number of hydrogen-bond acceptors (Lipinski definition) is 4. The third kappa shape index (κ3) is 10.6. The fourth-order valence-corrected chi connectivity index (χ4v) is 6.45. The zero-order valence-electron chi connectivity index (χ0n) is 30.4. The van der Waals surface area contributed by atoms with Crippen LogP contribution in [0, 0.1) is 0 Å². The summed E-state index contributed by atoms with van der Waals surface area (Å²) < 4.78 is 91.3. The first kappa shape index (κ1) is 40.3. The smallest absolute Gasteiger partial charge is 0.425 e. The van der Waals surface area contributed by atoms with Crippen molar-refractivity contribution >= 4 is 33.5 Å². The van der Waals surface area contributed by atoms with E-state index in [1.165, 1.54) is 24.3 Å². The minimum atomic E-state index is -4.64. The SMILES string of the molecule is CCCCCC[C@H](OC(=O)c1ccc2cc(-c3ccc(-c4ccc5cc(C(=O)O[C@@H](CCCCCC)C(F)(F)F)ccc5c4)cc3)ccc2c1)C(F)(F)F. The molecular formula is C44H44F6O4. The van der Waals surface area contributed by atoms with Crippen LogP contribution in [0.3, 0.4) is 0 Å². The number of hydrogen-bond donors (Lipinski definition) is 0. The largest absolute Gasteiger partial charge is 0.449 e. The van der Waals surface area contributed by atoms with Crippen molar-refractivity contribution in [1.82, 2.24) is 0 Å². The maximum Gasteiger partial charge on any atom is 0.425 e. The normalized spacial score (nSPS) is 13.2. The Kier molecular flexibility index (Phi) is 13.4. The Balaban J connectivity index is 1.25. The summed E-state index contributed by atoms with van der Waals surface area (Å²) >= 11 is 0. The van der Waals surface area contributed by atoms with Crippen molar-refractivity contribution in [2.24, 2.45) is 0 Å². The quantitative estimate of drug-likeness (QED) is 0.0572. The maximum absolute atomic E-state index is 13.6. The first-order valence-corrected chi connectivity index (χ1v) is 18.5. The summed E-state index contributed by atoms with van der Waals surface area (Å²) in [6.45, 7) is 3.94. The van der Waals surface area contributed by atoms with Gasteiger partial charge in [-0.3, -0.25) is 0 Å². The van der Waals surface area contributed by atoms with Gasteiger partial charge in [-0.2, -0.15) is 26.3 Å². The van der Waals surface area contributed by atoms with Gasteiger partial charge in [0.2, 0.25) is 0 Å². The zero-order chi connectivity index (χ0) is 38.9. The van der Waals surface area contributed by atoms with Crippen molar-refractivity contribution < 1.29 is 45.4 Å². The molecule has 2 atom stereocenters. The second-order valence-corrected chi connectivity index (χ2v) is 13.7. The van der Waals surface area contributed by atoms with Crippen LogP contribution >= 0.6 is 0 Å². The number of unbranched alkanes of at least 4 members (excludes halogenated alkanes) is 6. The van der Waals surface area contributed by atoms with Crippen LogP contribution < -0.4 is 0 Å². The fourth-order valence-electron chi connectivity index (χ4n) is 6.45. The van der Waals surface area contributed by atoms with Crippen molar-refractivity contribution in [3.8, 4) is 22.3 Å². The minimum absolute atomic E-state index is 0.0530. The van der Waals surface area contributed by atoms with Crippen LogP contribution in [0.25, 0.3) is 43.8 Å². The molecule has 54 heavy (non-hydrogen) atoms. The van der Waals surface area contributed by atoms with E-state index < -0.39 is 36.5 Å². The van der Waals surface area contributed by atoms with E-state index >= 15 is 0 Å². The van der Waals surface area contributed by atoms with Gasteiger partial charge in [0, 0.05) is 0 Å². The van der Waals surface area contributed by atoms with Crippen molar-refractivity contribution in [3.63, 3.8) is 0 Å². The molecule has 0 aliphatic carbocycles. The lowest BCUT2D eigenvalue weighted by molar-refractivity contribution is -0.206. The second-order valence-electron chi connectivity index (χ2n) is 13.7. The van der Waals surface area contributed by atoms with E-state index in [1.807, 2.05) is 74.5 Å². The molecule has 5 aromatic carbocycles. The number of carbonyl (C=O) groups excluding carboxylic acids is 2. The molecule has 0 fully saturated rings. The number of benzene rings is 5. The molecule has 0 N–H and O–H groups in total. The zero-order valence-corrected chi connectivity index (χ0v) is 30.4. The highest BCUT2D eigenvalue weighted by Crippen LogP contribution is 2.33. The molecule has 10 heteroatoms. The predicted octanol–water partition coefficient (Wildman–Crippen LogP) is 13.4. The van der Waals surface area contributed by atoms with Gasteiger partial charge in [-0.1, -0.05) is 113 Å². The fraction of sp³-hybridized carbons (Fsp3) is 0.364. The molecule has 0 amide bonds. The van der Waals surface area contributed by atoms with Crippen molar-refractivity contribution in [3.05, 3.63) is 108 Å². The molecule has 0 unspecified atom stereocenters. The van der Waals surface area contributed by atoms with Crippen LogP contribution in [-0.4, -0.2) is 36.5 Å². The molecule has 5 aromatic rings. The van der Waals surface area contributed by atoms with Gasteiger partial charge in [-0.15, -0.1) is 0 Å². The van der Waals surface area contributed by atoms with E-state index in [4.69, 9.17) is 9.47 Å². The number of esters is 2. The molecule has 0 saturated carbocycles. The predicted molar refractivity (Wildman–Crippen MR) is 200 cm³/mol. The highest BCUT2D eigenvalue weighted by atomic mass is 19.4. The first-order valence-electron chi connectivity index (χ1n) is 18.5. The third-order valence-corrected chi connectivity index (χ3v) is 9.57. The van der Waals surface area contributed by atoms with E-state index in [1.54, 1.807) is 12.1 Å². The van der Waals surface area contributed by atoms with Gasteiger partial charge in [0.05, 0.1) is 11.1 Å². The van der Waals surface area contributed by atoms with Gasteiger partial charge in [-0.25, -0.2) is 9.59 Å². The highest BCUT2D eigenvalue weighted by Gasteiger charge is 2.43. The number of carbonyl (C=O) groups is 2. The minimum Gasteiger partial charge on any atom is -0.449 e. The molecule has 286 valence electrons. The van der Waals surface area contributed by atoms with Gasteiger partial charge in [-0.05, 0) is 106 Å². The van der Waals surface area contributed by atoms with Gasteiger partial charge in [0.15, 0.2) is 12.2 Å². The van der Waals surface area contributed by atoms with Crippen molar-refractivity contribution in [2.75, 3.05) is 0 Å². The lowest BCUT2D eigenvalue weighted by atomic mass is 9.96. The Labute approximate surface area is 311 Å². The Bertz CT molecular complexity index is 1890. The summed E-state index contributed by atoms with van der Waals surface area (Å²) in [5.41, 5.74) is 3.76. The Morgan fingerprint density at radius 1 is 0.463 bits per heavy atom. The van der Waals surface area contributed by atoms with Crippen LogP contribution in [-0.2, 0) is 9.47 Å². The molecule has 0 radical (unpaired) electrons. The van der Waals surface area contributed by atoms with Crippen LogP contribution in [0.5, 0.6) is 0 Å². The van der Waals surface area contributed by atoms with Crippen LogP contribution in [0.15, 0.2) is 97.1 Å². The first-order chi connectivity index (χ1) is 25.8. The van der Waals surface area contributed by atoms with E-state index in [9.17, 15) is 35.9 Å². The van der Waals surface area contributed by atoms with Gasteiger partial charge >= 0.3 is 24.3 Å². The molecule has 0 saturated heterocycles. The molecule has 0 aliphatic rings. The lowest BCUT2D eigenvalue weighted by Gasteiger charge is -2.20. The van der Waals surface area contributed by atoms with Crippen LogP contribution in [0.1, 0.15) is 98.8 Å². The standard InChI is InChI=1S/C44H44F6O4/c1-3-5-7-9-11-39(43(45,46)47)53-41(51)37-23-21-33-25-31(17-19-35(33)27-37)29-13-15-30(16-14-29)32-18-20-36-28-38(24-22-34(36)26-32)42(52)54-40(44(48,49)50)12-10-8-6-4-2/h13-28,39-40H,3-12H2,1-2H3/t39-,40-/m0/s1. The van der Waals surface area contributed by atoms with Crippen LogP contribution in [0.2, 0.25) is 0 Å². The third-order valence-electron chi connectivity index (χ3n) is 9.57. The van der Waals surface area contributed by atoms with E-state index in [0.717, 1.165) is 58.7 Å². The summed E-state index contributed by atoms with van der Waals surface area (Å²) in [4.78, 5) is 25.4. The lowest BCUT2D eigenvalue weighted by Crippen LogP contribution is -2.33. The monoisotopic (exact) mass is 750 g/mol. The summed E-state index contributed by atoms with van der Waals surface area (Å²) in [7, 11) is 0. The Morgan fingerprint density at radius 3 is 1.15 bits per heavy atom. The van der Waals surface area contributed by atoms with Crippen LogP contribution in [0.4, 0.5) is 26.3 Å². The molecule has 4 nitrogen and oxygen atoms in total. The number of alkyl halides is 6. The number of rotatable bonds is 16. The Hall–Kier alpha value is -4.86. The van der Waals surface area contributed by atoms with E-state index in [0.29, 0.717) is 36.5 Å². The average Bonchev–Trinajstić information content (AvgIpc) is 3.15. The highest BCUT2D eigenvalue weighted by molar-refractivity contribution is 5.98. The molecule has 5 rings (SSSR count). The van der Waals surface area contributed by atoms with E-state index in [-0.39, 0.29) is 24.0 Å². The van der Waals surface area contributed by atoms with Gasteiger partial charge < -0.3 is 9.47 Å².